The second kappa shape index (κ2) is 28.7. The minimum atomic E-state index is 0.702. The zero-order valence-corrected chi connectivity index (χ0v) is 25.2. The second-order valence-electron chi connectivity index (χ2n) is 10.9. The van der Waals surface area contributed by atoms with Gasteiger partial charge in [0, 0.05) is 0 Å². The highest BCUT2D eigenvalue weighted by Crippen LogP contribution is 2.28. The Kier molecular flexibility index (Phi) is 30.1. The van der Waals surface area contributed by atoms with Crippen LogP contribution in [0.25, 0.3) is 0 Å². The van der Waals surface area contributed by atoms with Gasteiger partial charge in [0.1, 0.15) is 0 Å². The molecule has 2 aliphatic carbocycles. The molecule has 0 saturated heterocycles. The summed E-state index contributed by atoms with van der Waals surface area (Å²) < 4.78 is 0. The lowest BCUT2D eigenvalue weighted by atomic mass is 9.85. The predicted octanol–water partition coefficient (Wildman–Crippen LogP) is 12.7. The van der Waals surface area contributed by atoms with Crippen molar-refractivity contribution in [3.8, 4) is 0 Å². The molecule has 34 heavy (non-hydrogen) atoms. The van der Waals surface area contributed by atoms with Gasteiger partial charge in [-0.05, 0) is 42.9 Å². The average Bonchev–Trinajstić information content (AvgIpc) is 2.88. The van der Waals surface area contributed by atoms with Crippen LogP contribution in [0.5, 0.6) is 0 Å². The van der Waals surface area contributed by atoms with E-state index in [2.05, 4.69) is 59.4 Å². The smallest absolute Gasteiger partial charge is 0.0262 e. The van der Waals surface area contributed by atoms with Crippen LogP contribution in [0.1, 0.15) is 170 Å². The monoisotopic (exact) mass is 477 g/mol. The molecule has 0 aromatic carbocycles. The Hall–Kier alpha value is -0.520. The van der Waals surface area contributed by atoms with E-state index in [1.54, 1.807) is 0 Å². The van der Waals surface area contributed by atoms with Crippen molar-refractivity contribution in [2.75, 3.05) is 0 Å². The molecule has 2 fully saturated rings. The molecule has 0 aromatic rings. The summed E-state index contributed by atoms with van der Waals surface area (Å²) in [7, 11) is 0. The highest BCUT2D eigenvalue weighted by molar-refractivity contribution is 4.87. The number of hydrogen-bond donors (Lipinski definition) is 0. The van der Waals surface area contributed by atoms with E-state index in [-0.39, 0.29) is 0 Å². The molecule has 2 unspecified atom stereocenters. The fourth-order valence-corrected chi connectivity index (χ4v) is 5.33. The maximum Gasteiger partial charge on any atom is -0.0262 e. The third kappa shape index (κ3) is 23.2. The molecule has 2 atom stereocenters. The van der Waals surface area contributed by atoms with E-state index in [1.807, 2.05) is 13.8 Å². The van der Waals surface area contributed by atoms with Crippen molar-refractivity contribution in [3.05, 3.63) is 24.8 Å². The summed E-state index contributed by atoms with van der Waals surface area (Å²) in [6.07, 6.45) is 34.2. The number of unbranched alkanes of at least 4 members (excludes halogenated alkanes) is 1. The summed E-state index contributed by atoms with van der Waals surface area (Å²) in [4.78, 5) is 0. The van der Waals surface area contributed by atoms with Crippen LogP contribution >= 0.6 is 0 Å². The topological polar surface area (TPSA) is 0 Å². The van der Waals surface area contributed by atoms with Crippen LogP contribution in [0.15, 0.2) is 24.8 Å². The quantitative estimate of drug-likeness (QED) is 0.246. The van der Waals surface area contributed by atoms with E-state index in [0.29, 0.717) is 5.92 Å². The van der Waals surface area contributed by atoms with Crippen molar-refractivity contribution < 1.29 is 0 Å². The summed E-state index contributed by atoms with van der Waals surface area (Å²) in [6, 6.07) is 0. The zero-order chi connectivity index (χ0) is 25.9. The zero-order valence-electron chi connectivity index (χ0n) is 25.2. The summed E-state index contributed by atoms with van der Waals surface area (Å²) >= 11 is 0. The molecule has 2 saturated carbocycles. The van der Waals surface area contributed by atoms with Crippen molar-refractivity contribution in [1.29, 1.82) is 0 Å². The largest absolute Gasteiger partial charge is 0.103 e. The summed E-state index contributed by atoms with van der Waals surface area (Å²) in [6.45, 7) is 19.0. The Morgan fingerprint density at radius 1 is 0.706 bits per heavy atom. The van der Waals surface area contributed by atoms with E-state index in [9.17, 15) is 0 Å². The molecular weight excluding hydrogens is 408 g/mol. The normalized spacial score (nSPS) is 18.4. The van der Waals surface area contributed by atoms with Crippen LogP contribution in [-0.2, 0) is 0 Å². The van der Waals surface area contributed by atoms with E-state index in [4.69, 9.17) is 0 Å². The molecule has 0 N–H and O–H groups in total. The Bertz CT molecular complexity index is 372. The SMILES string of the molecule is C(=C/CC1CCCCC1)/CC1CCCCC1.C=CC(C)CC(CCC)CCCC.CC.CCC. The fourth-order valence-electron chi connectivity index (χ4n) is 5.33. The minimum absolute atomic E-state index is 0.702. The van der Waals surface area contributed by atoms with Gasteiger partial charge >= 0.3 is 0 Å². The first kappa shape index (κ1) is 35.6. The predicted molar refractivity (Wildman–Crippen MR) is 161 cm³/mol. The Morgan fingerprint density at radius 2 is 1.15 bits per heavy atom. The highest BCUT2D eigenvalue weighted by atomic mass is 14.2. The van der Waals surface area contributed by atoms with Crippen molar-refractivity contribution >= 4 is 0 Å². The van der Waals surface area contributed by atoms with Gasteiger partial charge in [-0.25, -0.2) is 0 Å². The van der Waals surface area contributed by atoms with Crippen LogP contribution in [-0.4, -0.2) is 0 Å². The first-order valence-corrected chi connectivity index (χ1v) is 15.9. The summed E-state index contributed by atoms with van der Waals surface area (Å²) in [5, 5.41) is 0. The van der Waals surface area contributed by atoms with Crippen LogP contribution in [0, 0.1) is 23.7 Å². The van der Waals surface area contributed by atoms with Crippen LogP contribution in [0.3, 0.4) is 0 Å². The van der Waals surface area contributed by atoms with Gasteiger partial charge in [0.2, 0.25) is 0 Å². The van der Waals surface area contributed by atoms with Crippen molar-refractivity contribution in [1.82, 2.24) is 0 Å². The Balaban J connectivity index is 0. The van der Waals surface area contributed by atoms with E-state index >= 15 is 0 Å². The molecule has 0 spiro atoms. The minimum Gasteiger partial charge on any atom is -0.103 e. The molecule has 2 aliphatic rings. The molecule has 0 bridgehead atoms. The van der Waals surface area contributed by atoms with E-state index < -0.39 is 0 Å². The van der Waals surface area contributed by atoms with E-state index in [0.717, 1.165) is 17.8 Å². The van der Waals surface area contributed by atoms with Crippen LogP contribution < -0.4 is 0 Å². The summed E-state index contributed by atoms with van der Waals surface area (Å²) in [5.41, 5.74) is 0. The molecule has 2 rings (SSSR count). The molecule has 0 heterocycles. The maximum atomic E-state index is 3.85. The third-order valence-corrected chi connectivity index (χ3v) is 7.33. The van der Waals surface area contributed by atoms with Crippen molar-refractivity contribution in [3.63, 3.8) is 0 Å². The Morgan fingerprint density at radius 3 is 1.50 bits per heavy atom. The van der Waals surface area contributed by atoms with Gasteiger partial charge < -0.3 is 0 Å². The van der Waals surface area contributed by atoms with Crippen molar-refractivity contribution in [2.24, 2.45) is 23.7 Å². The van der Waals surface area contributed by atoms with Crippen molar-refractivity contribution in [2.45, 2.75) is 170 Å². The van der Waals surface area contributed by atoms with Crippen LogP contribution in [0.2, 0.25) is 0 Å². The molecule has 0 aliphatic heterocycles. The summed E-state index contributed by atoms with van der Waals surface area (Å²) in [5.74, 6) is 3.69. The van der Waals surface area contributed by atoms with Gasteiger partial charge in [-0.15, -0.1) is 6.58 Å². The molecular formula is C34H68. The standard InChI is InChI=1S/C16H28.C13H26.C3H8.C2H6/c1-3-9-15(10-4-1)13-7-8-14-16-11-5-2-6-12-16;1-5-8-10-13(9-6-2)11-12(4)7-3;1-3-2;1-2/h7-8,15-16H,1-6,9-14H2;7,12-13H,3,5-6,8-11H2,1-2,4H3;3H2,1-2H3;1-2H3/b8-7-;;;. The van der Waals surface area contributed by atoms with Gasteiger partial charge in [-0.1, -0.05) is 169 Å². The lowest BCUT2D eigenvalue weighted by molar-refractivity contribution is 0.355. The maximum absolute atomic E-state index is 3.85. The van der Waals surface area contributed by atoms with Gasteiger partial charge in [0.25, 0.3) is 0 Å². The van der Waals surface area contributed by atoms with Gasteiger partial charge in [-0.2, -0.15) is 0 Å². The van der Waals surface area contributed by atoms with E-state index in [1.165, 1.54) is 122 Å². The number of rotatable bonds is 12. The van der Waals surface area contributed by atoms with Gasteiger partial charge in [-0.3, -0.25) is 0 Å². The fraction of sp³-hybridized carbons (Fsp3) is 0.882. The molecule has 0 radical (unpaired) electrons. The number of allylic oxidation sites excluding steroid dienone is 3. The molecule has 204 valence electrons. The van der Waals surface area contributed by atoms with Crippen LogP contribution in [0.4, 0.5) is 0 Å². The van der Waals surface area contributed by atoms with Gasteiger partial charge in [0.05, 0.1) is 0 Å². The molecule has 0 aromatic heterocycles. The first-order chi connectivity index (χ1) is 16.6. The second-order valence-corrected chi connectivity index (χ2v) is 10.9. The van der Waals surface area contributed by atoms with Gasteiger partial charge in [0.15, 0.2) is 0 Å². The number of hydrogen-bond acceptors (Lipinski definition) is 0. The molecule has 0 nitrogen and oxygen atoms in total. The first-order valence-electron chi connectivity index (χ1n) is 15.9. The molecule has 0 heteroatoms. The third-order valence-electron chi connectivity index (χ3n) is 7.33. The lowest BCUT2D eigenvalue weighted by Gasteiger charge is -2.21. The lowest BCUT2D eigenvalue weighted by Crippen LogP contribution is -2.05. The molecule has 0 amide bonds. The Labute approximate surface area is 218 Å². The highest BCUT2D eigenvalue weighted by Gasteiger charge is 2.13. The average molecular weight is 477 g/mol.